The molecule has 1 aliphatic rings. The second-order valence-corrected chi connectivity index (χ2v) is 4.56. The number of nitrogens with zero attached hydrogens (tertiary/aromatic N) is 3. The molecule has 0 radical (unpaired) electrons. The number of hydrogen-bond donors (Lipinski definition) is 1. The zero-order chi connectivity index (χ0) is 16.5. The van der Waals surface area contributed by atoms with Crippen LogP contribution in [-0.2, 0) is 4.79 Å². The van der Waals surface area contributed by atoms with Gasteiger partial charge in [-0.05, 0) is 0 Å². The molecule has 1 saturated heterocycles. The predicted molar refractivity (Wildman–Crippen MR) is 61.5 cm³/mol. The zero-order valence-electron chi connectivity index (χ0n) is 10.8. The fourth-order valence-electron chi connectivity index (χ4n) is 2.26. The van der Waals surface area contributed by atoms with Gasteiger partial charge in [0.05, 0.1) is 11.8 Å². The summed E-state index contributed by atoms with van der Waals surface area (Å²) in [6.45, 7) is -4.48. The van der Waals surface area contributed by atoms with Crippen molar-refractivity contribution < 1.29 is 36.6 Å². The van der Waals surface area contributed by atoms with E-state index in [0.717, 1.165) is 17.3 Å². The molecule has 0 saturated carbocycles. The summed E-state index contributed by atoms with van der Waals surface area (Å²) in [5, 5.41) is 8.91. The molecule has 0 amide bonds. The lowest BCUT2D eigenvalue weighted by Crippen LogP contribution is -2.33. The molecule has 1 aromatic rings. The lowest BCUT2D eigenvalue weighted by Gasteiger charge is -2.20. The number of carboxylic acids is 1. The van der Waals surface area contributed by atoms with Crippen LogP contribution in [0.2, 0.25) is 0 Å². The summed E-state index contributed by atoms with van der Waals surface area (Å²) in [5.74, 6) is -6.47. The quantitative estimate of drug-likeness (QED) is 0.850. The molecule has 2 heterocycles. The van der Waals surface area contributed by atoms with Crippen LogP contribution in [0.15, 0.2) is 12.4 Å². The van der Waals surface area contributed by atoms with Crippen LogP contribution in [0.25, 0.3) is 0 Å². The molecule has 1 aromatic heterocycles. The summed E-state index contributed by atoms with van der Waals surface area (Å²) < 4.78 is 67.3. The van der Waals surface area contributed by atoms with Gasteiger partial charge in [0.1, 0.15) is 0 Å². The van der Waals surface area contributed by atoms with Crippen molar-refractivity contribution in [3.63, 3.8) is 0 Å². The van der Waals surface area contributed by atoms with Crippen molar-refractivity contribution >= 4 is 11.8 Å². The molecule has 11 heteroatoms. The van der Waals surface area contributed by atoms with E-state index in [9.17, 15) is 26.7 Å². The summed E-state index contributed by atoms with van der Waals surface area (Å²) in [5.41, 5.74) is 0. The van der Waals surface area contributed by atoms with Gasteiger partial charge in [-0.3, -0.25) is 4.79 Å². The normalized spacial score (nSPS) is 22.2. The van der Waals surface area contributed by atoms with Crippen molar-refractivity contribution in [1.82, 2.24) is 9.97 Å². The minimum atomic E-state index is -4.73. The van der Waals surface area contributed by atoms with E-state index >= 15 is 0 Å². The van der Waals surface area contributed by atoms with Gasteiger partial charge >= 0.3 is 18.8 Å². The molecule has 0 aliphatic carbocycles. The number of hydrogen-bond acceptors (Lipinski definition) is 5. The molecule has 0 spiro atoms. The lowest BCUT2D eigenvalue weighted by molar-refractivity contribution is -0.187. The van der Waals surface area contributed by atoms with E-state index in [-0.39, 0.29) is 5.82 Å². The highest BCUT2D eigenvalue weighted by atomic mass is 19.4. The van der Waals surface area contributed by atoms with Crippen LogP contribution >= 0.6 is 0 Å². The van der Waals surface area contributed by atoms with Crippen LogP contribution in [0.1, 0.15) is 0 Å². The Balaban J connectivity index is 2.30. The van der Waals surface area contributed by atoms with Gasteiger partial charge in [0.25, 0.3) is 5.88 Å². The number of ether oxygens (including phenoxy) is 1. The highest BCUT2D eigenvalue weighted by molar-refractivity contribution is 5.73. The van der Waals surface area contributed by atoms with Gasteiger partial charge < -0.3 is 14.7 Å². The summed E-state index contributed by atoms with van der Waals surface area (Å²) in [6.07, 6.45) is -2.61. The predicted octanol–water partition coefficient (Wildman–Crippen LogP) is 1.78. The van der Waals surface area contributed by atoms with Gasteiger partial charge in [-0.15, -0.1) is 0 Å². The van der Waals surface area contributed by atoms with E-state index in [1.165, 1.54) is 0 Å². The van der Waals surface area contributed by atoms with Crippen molar-refractivity contribution in [2.24, 2.45) is 11.8 Å². The third-order valence-corrected chi connectivity index (χ3v) is 3.20. The number of rotatable bonds is 4. The maximum Gasteiger partial charge on any atom is 0.394 e. The van der Waals surface area contributed by atoms with Crippen LogP contribution < -0.4 is 9.64 Å². The molecule has 0 aromatic carbocycles. The molecule has 2 atom stereocenters. The molecular formula is C11H10F5N3O3. The van der Waals surface area contributed by atoms with Crippen molar-refractivity contribution in [3.05, 3.63) is 12.4 Å². The Labute approximate surface area is 120 Å². The fraction of sp³-hybridized carbons (Fsp3) is 0.545. The average Bonchev–Trinajstić information content (AvgIpc) is 2.83. The first kappa shape index (κ1) is 16.2. The lowest BCUT2D eigenvalue weighted by atomic mass is 9.96. The van der Waals surface area contributed by atoms with Crippen molar-refractivity contribution in [2.45, 2.75) is 12.8 Å². The molecule has 122 valence electrons. The molecule has 6 nitrogen and oxygen atoms in total. The van der Waals surface area contributed by atoms with E-state index in [0.29, 0.717) is 0 Å². The summed E-state index contributed by atoms with van der Waals surface area (Å²) in [7, 11) is 0. The molecule has 22 heavy (non-hydrogen) atoms. The second-order valence-electron chi connectivity index (χ2n) is 4.56. The van der Waals surface area contributed by atoms with Crippen molar-refractivity contribution in [2.75, 3.05) is 18.0 Å². The topological polar surface area (TPSA) is 75.5 Å². The standard InChI is InChI=1S/C11H10F5N3O3/c12-10(13)22-8-7(17-1-2-18-8)19-3-5(9(20)21)6(4-19)11(14,15)16/h1-2,5-6,10H,3-4H2,(H,20,21)/t5-,6-/m1/s1. The first-order valence-corrected chi connectivity index (χ1v) is 6.00. The summed E-state index contributed by atoms with van der Waals surface area (Å²) >= 11 is 0. The first-order valence-electron chi connectivity index (χ1n) is 6.00. The fourth-order valence-corrected chi connectivity index (χ4v) is 2.26. The van der Waals surface area contributed by atoms with Crippen LogP contribution in [0.4, 0.5) is 27.8 Å². The second kappa shape index (κ2) is 5.89. The Kier molecular flexibility index (Phi) is 4.33. The molecule has 1 aliphatic heterocycles. The number of aromatic nitrogens is 2. The highest BCUT2D eigenvalue weighted by Gasteiger charge is 2.53. The monoisotopic (exact) mass is 327 g/mol. The van der Waals surface area contributed by atoms with Gasteiger partial charge in [-0.25, -0.2) is 9.97 Å². The Hall–Kier alpha value is -2.20. The van der Waals surface area contributed by atoms with Crippen LogP contribution in [0, 0.1) is 11.8 Å². The van der Waals surface area contributed by atoms with Gasteiger partial charge in [0.15, 0.2) is 5.82 Å². The van der Waals surface area contributed by atoms with E-state index in [2.05, 4.69) is 14.7 Å². The van der Waals surface area contributed by atoms with Crippen molar-refractivity contribution in [3.8, 4) is 5.88 Å². The molecule has 0 unspecified atom stereocenters. The van der Waals surface area contributed by atoms with Crippen LogP contribution in [0.5, 0.6) is 5.88 Å². The third-order valence-electron chi connectivity index (χ3n) is 3.20. The number of halogens is 5. The maximum absolute atomic E-state index is 12.9. The smallest absolute Gasteiger partial charge is 0.394 e. The van der Waals surface area contributed by atoms with E-state index in [1.54, 1.807) is 0 Å². The highest BCUT2D eigenvalue weighted by Crippen LogP contribution is 2.40. The number of carboxylic acid groups (broad SMARTS) is 1. The summed E-state index contributed by atoms with van der Waals surface area (Å²) in [6, 6.07) is 0. The average molecular weight is 327 g/mol. The van der Waals surface area contributed by atoms with Crippen LogP contribution in [-0.4, -0.2) is 46.9 Å². The number of alkyl halides is 5. The van der Waals surface area contributed by atoms with E-state index in [4.69, 9.17) is 5.11 Å². The third kappa shape index (κ3) is 3.34. The maximum atomic E-state index is 12.9. The minimum absolute atomic E-state index is 0.346. The molecule has 1 fully saturated rings. The first-order chi connectivity index (χ1) is 10.2. The Morgan fingerprint density at radius 1 is 1.32 bits per heavy atom. The Morgan fingerprint density at radius 2 is 1.95 bits per heavy atom. The minimum Gasteiger partial charge on any atom is -0.481 e. The van der Waals surface area contributed by atoms with Gasteiger partial charge in [0, 0.05) is 25.5 Å². The van der Waals surface area contributed by atoms with Gasteiger partial charge in [-0.2, -0.15) is 22.0 Å². The molecular weight excluding hydrogens is 317 g/mol. The Bertz CT molecular complexity index is 554. The largest absolute Gasteiger partial charge is 0.481 e. The van der Waals surface area contributed by atoms with Gasteiger partial charge in [-0.1, -0.05) is 0 Å². The number of aliphatic carboxylic acids is 1. The van der Waals surface area contributed by atoms with E-state index < -0.39 is 49.6 Å². The van der Waals surface area contributed by atoms with Crippen LogP contribution in [0.3, 0.4) is 0 Å². The van der Waals surface area contributed by atoms with Crippen molar-refractivity contribution in [1.29, 1.82) is 0 Å². The number of carbonyl (C=O) groups is 1. The molecule has 2 rings (SSSR count). The SMILES string of the molecule is O=C(O)[C@@H]1CN(c2nccnc2OC(F)F)C[C@H]1C(F)(F)F. The van der Waals surface area contributed by atoms with E-state index in [1.807, 2.05) is 0 Å². The zero-order valence-corrected chi connectivity index (χ0v) is 10.8. The molecule has 1 N–H and O–H groups in total. The molecule has 0 bridgehead atoms. The summed E-state index contributed by atoms with van der Waals surface area (Å²) in [4.78, 5) is 19.1. The van der Waals surface area contributed by atoms with Gasteiger partial charge in [0.2, 0.25) is 0 Å². The Morgan fingerprint density at radius 3 is 2.45 bits per heavy atom. The number of anilines is 1.